The minimum absolute atomic E-state index is 0.0486. The maximum atomic E-state index is 16.2. The van der Waals surface area contributed by atoms with Gasteiger partial charge in [0.2, 0.25) is 0 Å². The van der Waals surface area contributed by atoms with E-state index in [1.807, 2.05) is 6.07 Å². The summed E-state index contributed by atoms with van der Waals surface area (Å²) in [7, 11) is -0.341. The molecule has 260 valence electrons. The predicted molar refractivity (Wildman–Crippen MR) is 175 cm³/mol. The fourth-order valence-corrected chi connectivity index (χ4v) is 6.77. The van der Waals surface area contributed by atoms with Gasteiger partial charge in [0.1, 0.15) is 18.0 Å². The Morgan fingerprint density at radius 3 is 2.38 bits per heavy atom. The lowest BCUT2D eigenvalue weighted by Crippen LogP contribution is -2.58. The van der Waals surface area contributed by atoms with Crippen LogP contribution in [0.25, 0.3) is 10.9 Å². The maximum Gasteiger partial charge on any atom is 0.436 e. The van der Waals surface area contributed by atoms with Crippen molar-refractivity contribution in [2.45, 2.75) is 83.5 Å². The van der Waals surface area contributed by atoms with E-state index in [1.165, 1.54) is 37.6 Å². The van der Waals surface area contributed by atoms with E-state index >= 15 is 13.2 Å². The first-order valence-electron chi connectivity index (χ1n) is 15.5. The molecule has 48 heavy (non-hydrogen) atoms. The van der Waals surface area contributed by atoms with Crippen LogP contribution >= 0.6 is 0 Å². The van der Waals surface area contributed by atoms with Gasteiger partial charge in [-0.15, -0.1) is 0 Å². The van der Waals surface area contributed by atoms with Crippen LogP contribution in [-0.4, -0.2) is 73.4 Å². The highest BCUT2D eigenvalue weighted by molar-refractivity contribution is 6.76. The minimum Gasteiger partial charge on any atom is -0.496 e. The van der Waals surface area contributed by atoms with Gasteiger partial charge in [0.15, 0.2) is 0 Å². The number of rotatable bonds is 11. The number of aliphatic carboxylic acids is 1. The van der Waals surface area contributed by atoms with Gasteiger partial charge in [-0.3, -0.25) is 9.47 Å². The molecule has 2 unspecified atom stereocenters. The number of fused-ring (bicyclic) bond motifs is 2. The minimum atomic E-state index is -5.28. The second-order valence-electron chi connectivity index (χ2n) is 14.1. The molecule has 10 nitrogen and oxygen atoms in total. The third-order valence-electron chi connectivity index (χ3n) is 8.09. The van der Waals surface area contributed by atoms with Crippen LogP contribution in [0.4, 0.5) is 18.0 Å². The van der Waals surface area contributed by atoms with Crippen LogP contribution in [0.1, 0.15) is 54.6 Å². The number of carboxylic acid groups (broad SMARTS) is 1. The lowest BCUT2D eigenvalue weighted by Gasteiger charge is -2.46. The van der Waals surface area contributed by atoms with Crippen molar-refractivity contribution in [3.05, 3.63) is 64.3 Å². The van der Waals surface area contributed by atoms with E-state index in [9.17, 15) is 20.0 Å². The molecule has 1 N–H and O–H groups in total. The number of carboxylic acids is 1. The molecule has 1 aliphatic heterocycles. The quantitative estimate of drug-likeness (QED) is 0.163. The Bertz CT molecular complexity index is 1740. The standard InChI is InChI=1S/C34H42F3N3O7Si/c1-21-15-27(44-5)29(25-11-12-39(30(21)25)31(43)47-32(2,3)4)33(34(35,36)37,46-20-28(41)42)40-18-23-16-22(17-38)9-10-24(23)26(40)19-45-13-14-48(6,7)8/h9-12,15-16,26H,13-14,18-20H2,1-8H3,(H,41,42). The number of carbonyl (C=O) groups is 2. The van der Waals surface area contributed by atoms with Gasteiger partial charge in [0.25, 0.3) is 5.72 Å². The van der Waals surface area contributed by atoms with Gasteiger partial charge in [-0.2, -0.15) is 18.4 Å². The Hall–Kier alpha value is -3.90. The Morgan fingerprint density at radius 1 is 1.12 bits per heavy atom. The van der Waals surface area contributed by atoms with Crippen molar-refractivity contribution in [1.82, 2.24) is 9.47 Å². The molecular formula is C34H42F3N3O7Si. The van der Waals surface area contributed by atoms with Crippen molar-refractivity contribution in [3.63, 3.8) is 0 Å². The number of carbonyl (C=O) groups excluding carboxylic acids is 1. The highest BCUT2D eigenvalue weighted by atomic mass is 28.3. The van der Waals surface area contributed by atoms with Crippen LogP contribution in [0.5, 0.6) is 5.75 Å². The van der Waals surface area contributed by atoms with Gasteiger partial charge < -0.3 is 24.1 Å². The van der Waals surface area contributed by atoms with Gasteiger partial charge in [-0.1, -0.05) is 25.7 Å². The van der Waals surface area contributed by atoms with Crippen molar-refractivity contribution in [1.29, 1.82) is 5.26 Å². The molecule has 1 aromatic heterocycles. The molecule has 0 bridgehead atoms. The summed E-state index contributed by atoms with van der Waals surface area (Å²) in [5.74, 6) is -1.85. The normalized spacial score (nSPS) is 16.8. The number of aromatic nitrogens is 1. The first-order chi connectivity index (χ1) is 22.2. The number of methoxy groups -OCH3 is 1. The van der Waals surface area contributed by atoms with Gasteiger partial charge >= 0.3 is 18.2 Å². The SMILES string of the molecule is COc1cc(C)c2c(ccn2C(=O)OC(C)(C)C)c1C(OCC(=O)O)(N1Cc2cc(C#N)ccc2C1COCC[Si](C)(C)C)C(F)(F)F. The third-order valence-corrected chi connectivity index (χ3v) is 9.79. The Morgan fingerprint density at radius 2 is 1.81 bits per heavy atom. The van der Waals surface area contributed by atoms with Crippen molar-refractivity contribution in [2.75, 3.05) is 26.9 Å². The molecule has 3 aromatic rings. The van der Waals surface area contributed by atoms with Crippen LogP contribution in [0.2, 0.25) is 25.7 Å². The Labute approximate surface area is 278 Å². The molecule has 14 heteroatoms. The summed E-state index contributed by atoms with van der Waals surface area (Å²) in [6, 6.07) is 9.07. The molecule has 0 amide bonds. The molecule has 0 radical (unpaired) electrons. The molecule has 0 saturated heterocycles. The van der Waals surface area contributed by atoms with Crippen molar-refractivity contribution < 1.29 is 46.8 Å². The third kappa shape index (κ3) is 7.39. The smallest absolute Gasteiger partial charge is 0.436 e. The maximum absolute atomic E-state index is 16.2. The first kappa shape index (κ1) is 36.9. The summed E-state index contributed by atoms with van der Waals surface area (Å²) >= 11 is 0. The van der Waals surface area contributed by atoms with Gasteiger partial charge in [0, 0.05) is 32.8 Å². The second-order valence-corrected chi connectivity index (χ2v) is 19.7. The first-order valence-corrected chi connectivity index (χ1v) is 19.2. The molecule has 0 spiro atoms. The number of benzene rings is 2. The highest BCUT2D eigenvalue weighted by Crippen LogP contribution is 2.56. The highest BCUT2D eigenvalue weighted by Gasteiger charge is 2.66. The topological polar surface area (TPSA) is 123 Å². The number of hydrogen-bond acceptors (Lipinski definition) is 8. The molecule has 0 saturated carbocycles. The van der Waals surface area contributed by atoms with Crippen LogP contribution < -0.4 is 4.74 Å². The largest absolute Gasteiger partial charge is 0.496 e. The van der Waals surface area contributed by atoms with E-state index in [1.54, 1.807) is 33.8 Å². The Kier molecular flexibility index (Phi) is 10.4. The van der Waals surface area contributed by atoms with E-state index in [0.29, 0.717) is 23.3 Å². The van der Waals surface area contributed by atoms with Crippen LogP contribution in [0.3, 0.4) is 0 Å². The van der Waals surface area contributed by atoms with E-state index < -0.39 is 55.9 Å². The number of hydrogen-bond donors (Lipinski definition) is 1. The number of halogens is 3. The summed E-state index contributed by atoms with van der Waals surface area (Å²) < 4.78 is 72.5. The van der Waals surface area contributed by atoms with Crippen molar-refractivity contribution in [2.24, 2.45) is 0 Å². The van der Waals surface area contributed by atoms with Gasteiger partial charge in [-0.05, 0) is 74.7 Å². The molecule has 2 aromatic carbocycles. The van der Waals surface area contributed by atoms with Crippen molar-refractivity contribution >= 4 is 31.0 Å². The predicted octanol–water partition coefficient (Wildman–Crippen LogP) is 7.34. The second kappa shape index (κ2) is 13.5. The number of nitrogens with zero attached hydrogens (tertiary/aromatic N) is 3. The number of alkyl halides is 3. The molecule has 1 aliphatic rings. The number of nitriles is 1. The van der Waals surface area contributed by atoms with E-state index in [0.717, 1.165) is 15.5 Å². The summed E-state index contributed by atoms with van der Waals surface area (Å²) in [6.45, 7) is 11.6. The molecule has 2 heterocycles. The molecule has 4 rings (SSSR count). The number of aryl methyl sites for hydroxylation is 1. The zero-order chi connectivity index (χ0) is 35.8. The van der Waals surface area contributed by atoms with Crippen molar-refractivity contribution in [3.8, 4) is 11.8 Å². The molecular weight excluding hydrogens is 647 g/mol. The van der Waals surface area contributed by atoms with Gasteiger partial charge in [-0.25, -0.2) is 9.59 Å². The Balaban J connectivity index is 2.04. The summed E-state index contributed by atoms with van der Waals surface area (Å²) in [6.07, 6.45) is -4.78. The van der Waals surface area contributed by atoms with Crippen LogP contribution in [0, 0.1) is 18.3 Å². The fraction of sp³-hybridized carbons (Fsp3) is 0.500. The zero-order valence-electron chi connectivity index (χ0n) is 28.4. The zero-order valence-corrected chi connectivity index (χ0v) is 29.4. The van der Waals surface area contributed by atoms with Gasteiger partial charge in [0.05, 0.1) is 42.5 Å². The van der Waals surface area contributed by atoms with E-state index in [2.05, 4.69) is 19.6 Å². The fourth-order valence-electron chi connectivity index (χ4n) is 6.01. The van der Waals surface area contributed by atoms with Crippen LogP contribution in [0.15, 0.2) is 36.5 Å². The van der Waals surface area contributed by atoms with Crippen LogP contribution in [-0.2, 0) is 31.3 Å². The summed E-state index contributed by atoms with van der Waals surface area (Å²) in [5.41, 5.74) is -3.16. The summed E-state index contributed by atoms with van der Waals surface area (Å²) in [4.78, 5) is 26.3. The lowest BCUT2D eigenvalue weighted by atomic mass is 9.92. The molecule has 2 atom stereocenters. The molecule has 0 aliphatic carbocycles. The van der Waals surface area contributed by atoms with E-state index in [4.69, 9.17) is 18.9 Å². The lowest BCUT2D eigenvalue weighted by molar-refractivity contribution is -0.349. The average Bonchev–Trinajstić information content (AvgIpc) is 3.56. The van der Waals surface area contributed by atoms with E-state index in [-0.39, 0.29) is 35.4 Å². The monoisotopic (exact) mass is 689 g/mol. The molecule has 0 fully saturated rings. The number of ether oxygens (including phenoxy) is 4. The average molecular weight is 690 g/mol. The summed E-state index contributed by atoms with van der Waals surface area (Å²) in [5, 5.41) is 19.2.